The Morgan fingerprint density at radius 2 is 1.97 bits per heavy atom. The number of hydrogen-bond donors (Lipinski definition) is 0. The molecular formula is C23H17F3N6O. The molecule has 7 nitrogen and oxygen atoms in total. The first-order valence-corrected chi connectivity index (χ1v) is 10.3. The lowest BCUT2D eigenvalue weighted by atomic mass is 10.0. The highest BCUT2D eigenvalue weighted by molar-refractivity contribution is 5.95. The summed E-state index contributed by atoms with van der Waals surface area (Å²) in [6.45, 7) is 2.16. The van der Waals surface area contributed by atoms with E-state index in [0.717, 1.165) is 40.5 Å². The van der Waals surface area contributed by atoms with Crippen molar-refractivity contribution in [3.05, 3.63) is 88.8 Å². The summed E-state index contributed by atoms with van der Waals surface area (Å²) in [5, 5.41) is 8.32. The van der Waals surface area contributed by atoms with E-state index in [1.807, 2.05) is 34.4 Å². The smallest absolute Gasteiger partial charge is 0.416 e. The Morgan fingerprint density at radius 1 is 1.09 bits per heavy atom. The van der Waals surface area contributed by atoms with Crippen molar-refractivity contribution in [3.63, 3.8) is 0 Å². The van der Waals surface area contributed by atoms with Gasteiger partial charge in [0.15, 0.2) is 0 Å². The minimum atomic E-state index is -4.41. The number of alkyl halides is 3. The van der Waals surface area contributed by atoms with Gasteiger partial charge in [-0.15, -0.1) is 5.10 Å². The molecule has 0 spiro atoms. The lowest BCUT2D eigenvalue weighted by Gasteiger charge is -2.10. The molecule has 2 aliphatic rings. The van der Waals surface area contributed by atoms with Crippen molar-refractivity contribution in [2.75, 3.05) is 6.61 Å². The van der Waals surface area contributed by atoms with Crippen LogP contribution in [0.5, 0.6) is 0 Å². The second-order valence-corrected chi connectivity index (χ2v) is 8.10. The van der Waals surface area contributed by atoms with Gasteiger partial charge in [-0.2, -0.15) is 13.2 Å². The van der Waals surface area contributed by atoms with E-state index in [1.165, 1.54) is 6.07 Å². The quantitative estimate of drug-likeness (QED) is 0.404. The Morgan fingerprint density at radius 3 is 2.82 bits per heavy atom. The number of nitrogens with zero attached hydrogens (tertiary/aromatic N) is 6. The third kappa shape index (κ3) is 3.21. The zero-order valence-corrected chi connectivity index (χ0v) is 17.4. The summed E-state index contributed by atoms with van der Waals surface area (Å²) in [5.74, 6) is 0.320. The number of ether oxygens (including phenoxy) is 1. The Bertz CT molecular complexity index is 1420. The van der Waals surface area contributed by atoms with Crippen LogP contribution in [0.3, 0.4) is 0 Å². The van der Waals surface area contributed by atoms with Crippen molar-refractivity contribution in [3.8, 4) is 11.4 Å². The molecule has 4 aromatic rings. The van der Waals surface area contributed by atoms with Crippen LogP contribution >= 0.6 is 0 Å². The number of benzene rings is 2. The third-order valence-corrected chi connectivity index (χ3v) is 5.91. The van der Waals surface area contributed by atoms with Crippen LogP contribution in [-0.4, -0.2) is 37.0 Å². The molecule has 0 N–H and O–H groups in total. The largest absolute Gasteiger partial charge is 0.474 e. The van der Waals surface area contributed by atoms with E-state index in [-0.39, 0.29) is 6.61 Å². The van der Waals surface area contributed by atoms with Crippen molar-refractivity contribution >= 4 is 5.90 Å². The van der Waals surface area contributed by atoms with Crippen LogP contribution in [0.4, 0.5) is 13.2 Å². The molecule has 4 heterocycles. The SMILES string of the molecule is Cc1ccc2c(c1)-n1nncc1Cc1c(C3=N[C@@H](c4cccc(C(F)(F)F)c4)CO3)ncn1-2. The van der Waals surface area contributed by atoms with Gasteiger partial charge in [0.2, 0.25) is 5.90 Å². The average Bonchev–Trinajstić information content (AvgIpc) is 3.52. The first kappa shape index (κ1) is 19.7. The number of aryl methyl sites for hydroxylation is 1. The van der Waals surface area contributed by atoms with E-state index in [4.69, 9.17) is 4.74 Å². The van der Waals surface area contributed by atoms with Crippen molar-refractivity contribution in [2.24, 2.45) is 4.99 Å². The monoisotopic (exact) mass is 450 g/mol. The fourth-order valence-corrected chi connectivity index (χ4v) is 4.28. The van der Waals surface area contributed by atoms with Crippen molar-refractivity contribution < 1.29 is 17.9 Å². The molecule has 33 heavy (non-hydrogen) atoms. The van der Waals surface area contributed by atoms with Crippen molar-refractivity contribution in [1.29, 1.82) is 0 Å². The summed E-state index contributed by atoms with van der Waals surface area (Å²) in [5.41, 5.74) is 4.92. The lowest BCUT2D eigenvalue weighted by molar-refractivity contribution is -0.137. The van der Waals surface area contributed by atoms with Gasteiger partial charge in [-0.05, 0) is 42.3 Å². The fraction of sp³-hybridized carbons (Fsp3) is 0.217. The van der Waals surface area contributed by atoms with Crippen LogP contribution in [0.2, 0.25) is 0 Å². The van der Waals surface area contributed by atoms with Crippen LogP contribution in [0.15, 0.2) is 60.0 Å². The van der Waals surface area contributed by atoms with Gasteiger partial charge in [0.1, 0.15) is 24.7 Å². The molecule has 0 fully saturated rings. The molecule has 0 saturated heterocycles. The second kappa shape index (κ2) is 7.03. The van der Waals surface area contributed by atoms with E-state index in [1.54, 1.807) is 18.6 Å². The second-order valence-electron chi connectivity index (χ2n) is 8.10. The maximum Gasteiger partial charge on any atom is 0.416 e. The number of fused-ring (bicyclic) bond motifs is 5. The van der Waals surface area contributed by atoms with E-state index in [2.05, 4.69) is 20.3 Å². The number of aliphatic imine (C=N–C) groups is 1. The molecule has 0 unspecified atom stereocenters. The minimum absolute atomic E-state index is 0.151. The lowest BCUT2D eigenvalue weighted by Crippen LogP contribution is -2.08. The van der Waals surface area contributed by atoms with Crippen molar-refractivity contribution in [1.82, 2.24) is 24.5 Å². The highest BCUT2D eigenvalue weighted by atomic mass is 19.4. The molecule has 1 atom stereocenters. The molecule has 10 heteroatoms. The summed E-state index contributed by atoms with van der Waals surface area (Å²) < 4.78 is 49.0. The van der Waals surface area contributed by atoms with Gasteiger partial charge in [-0.3, -0.25) is 4.57 Å². The Balaban J connectivity index is 1.42. The van der Waals surface area contributed by atoms with Gasteiger partial charge in [-0.1, -0.05) is 23.4 Å². The van der Waals surface area contributed by atoms with Gasteiger partial charge >= 0.3 is 6.18 Å². The van der Waals surface area contributed by atoms with Gasteiger partial charge in [0.05, 0.1) is 34.5 Å². The van der Waals surface area contributed by atoms with Crippen LogP contribution in [0, 0.1) is 6.92 Å². The molecule has 6 rings (SSSR count). The van der Waals surface area contributed by atoms with Gasteiger partial charge in [0.25, 0.3) is 0 Å². The molecule has 0 amide bonds. The molecule has 0 bridgehead atoms. The molecule has 2 aliphatic heterocycles. The molecule has 166 valence electrons. The number of imidazole rings is 1. The zero-order valence-electron chi connectivity index (χ0n) is 17.4. The van der Waals surface area contributed by atoms with E-state index in [0.29, 0.717) is 23.6 Å². The molecule has 0 aliphatic carbocycles. The van der Waals surface area contributed by atoms with E-state index >= 15 is 0 Å². The molecule has 0 saturated carbocycles. The van der Waals surface area contributed by atoms with Crippen LogP contribution in [0.1, 0.15) is 39.8 Å². The number of hydrogen-bond acceptors (Lipinski definition) is 5. The topological polar surface area (TPSA) is 70.1 Å². The number of halogens is 3. The minimum Gasteiger partial charge on any atom is -0.474 e. The first-order chi connectivity index (χ1) is 15.9. The van der Waals surface area contributed by atoms with Gasteiger partial charge < -0.3 is 4.74 Å². The normalized spacial score (nSPS) is 17.0. The fourth-order valence-electron chi connectivity index (χ4n) is 4.28. The predicted molar refractivity (Wildman–Crippen MR) is 113 cm³/mol. The molecule has 2 aromatic carbocycles. The molecular weight excluding hydrogens is 433 g/mol. The maximum absolute atomic E-state index is 13.1. The summed E-state index contributed by atoms with van der Waals surface area (Å²) in [6, 6.07) is 10.7. The summed E-state index contributed by atoms with van der Waals surface area (Å²) in [4.78, 5) is 9.15. The maximum atomic E-state index is 13.1. The highest BCUT2D eigenvalue weighted by Gasteiger charge is 2.33. The average molecular weight is 450 g/mol. The number of aromatic nitrogens is 5. The standard InChI is InChI=1S/C23H17F3N6O/c1-13-5-6-18-19(7-13)32-16(10-28-30-32)9-20-21(27-12-31(18)20)22-29-17(11-33-22)14-3-2-4-15(8-14)23(24,25)26/h2-8,10,12,17H,9,11H2,1H3/t17-/m1/s1. The Hall–Kier alpha value is -3.95. The predicted octanol–water partition coefficient (Wildman–Crippen LogP) is 4.20. The van der Waals surface area contributed by atoms with Gasteiger partial charge in [-0.25, -0.2) is 14.7 Å². The summed E-state index contributed by atoms with van der Waals surface area (Å²) >= 11 is 0. The summed E-state index contributed by atoms with van der Waals surface area (Å²) in [7, 11) is 0. The zero-order chi connectivity index (χ0) is 22.7. The summed E-state index contributed by atoms with van der Waals surface area (Å²) in [6.07, 6.45) is -0.498. The molecule has 2 aromatic heterocycles. The van der Waals surface area contributed by atoms with Crippen LogP contribution in [0.25, 0.3) is 11.4 Å². The third-order valence-electron chi connectivity index (χ3n) is 5.91. The van der Waals surface area contributed by atoms with Crippen LogP contribution < -0.4 is 0 Å². The van der Waals surface area contributed by atoms with E-state index < -0.39 is 17.8 Å². The van der Waals surface area contributed by atoms with Crippen molar-refractivity contribution in [2.45, 2.75) is 25.6 Å². The van der Waals surface area contributed by atoms with Crippen LogP contribution in [-0.2, 0) is 17.3 Å². The highest BCUT2D eigenvalue weighted by Crippen LogP contribution is 2.34. The first-order valence-electron chi connectivity index (χ1n) is 10.3. The number of rotatable bonds is 2. The van der Waals surface area contributed by atoms with Gasteiger partial charge in [0, 0.05) is 6.42 Å². The Kier molecular flexibility index (Phi) is 4.20. The Labute approximate surface area is 186 Å². The molecule has 0 radical (unpaired) electrons. The van der Waals surface area contributed by atoms with E-state index in [9.17, 15) is 13.2 Å².